The first-order valence-corrected chi connectivity index (χ1v) is 9.01. The number of nitrogens with zero attached hydrogens (tertiary/aromatic N) is 3. The molecular weight excluding hydrogens is 302 g/mol. The fourth-order valence-electron chi connectivity index (χ4n) is 2.93. The van der Waals surface area contributed by atoms with E-state index < -0.39 is 0 Å². The Bertz CT molecular complexity index is 495. The lowest BCUT2D eigenvalue weighted by molar-refractivity contribution is 0.206. The van der Waals surface area contributed by atoms with Gasteiger partial charge in [0, 0.05) is 37.9 Å². The normalized spacial score (nSPS) is 16.9. The maximum atomic E-state index is 5.08. The van der Waals surface area contributed by atoms with Gasteiger partial charge in [0.1, 0.15) is 0 Å². The van der Waals surface area contributed by atoms with Gasteiger partial charge in [-0.15, -0.1) is 0 Å². The third-order valence-corrected chi connectivity index (χ3v) is 4.24. The molecule has 0 saturated carbocycles. The summed E-state index contributed by atoms with van der Waals surface area (Å²) in [5.74, 6) is 1.52. The van der Waals surface area contributed by atoms with Crippen LogP contribution >= 0.6 is 0 Å². The van der Waals surface area contributed by atoms with Crippen molar-refractivity contribution in [2.24, 2.45) is 4.99 Å². The predicted octanol–water partition coefficient (Wildman–Crippen LogP) is 2.02. The van der Waals surface area contributed by atoms with Gasteiger partial charge in [-0.1, -0.05) is 13.0 Å². The third kappa shape index (κ3) is 6.00. The van der Waals surface area contributed by atoms with Gasteiger partial charge in [-0.05, 0) is 38.3 Å². The molecule has 6 nitrogen and oxygen atoms in total. The van der Waals surface area contributed by atoms with Crippen molar-refractivity contribution < 1.29 is 4.74 Å². The molecule has 2 heterocycles. The Morgan fingerprint density at radius 1 is 1.33 bits per heavy atom. The van der Waals surface area contributed by atoms with Crippen LogP contribution in [0.25, 0.3) is 0 Å². The number of nitrogens with one attached hydrogen (secondary N) is 2. The van der Waals surface area contributed by atoms with Gasteiger partial charge in [0.2, 0.25) is 5.88 Å². The molecule has 1 aromatic heterocycles. The van der Waals surface area contributed by atoms with E-state index >= 15 is 0 Å². The van der Waals surface area contributed by atoms with Crippen LogP contribution in [0, 0.1) is 0 Å². The first-order chi connectivity index (χ1) is 11.7. The SMILES string of the molecule is CCCN1CCC(NC(=NCc2ccc(OC)nc2)NCC)CC1. The molecule has 0 spiro atoms. The standard InChI is InChI=1S/C18H31N5O/c1-4-10-23-11-8-16(9-12-23)22-18(19-5-2)21-14-15-6-7-17(24-3)20-13-15/h6-7,13,16H,4-5,8-12,14H2,1-3H3,(H2,19,21,22). The van der Waals surface area contributed by atoms with Gasteiger partial charge in [-0.25, -0.2) is 9.98 Å². The van der Waals surface area contributed by atoms with E-state index in [9.17, 15) is 0 Å². The van der Waals surface area contributed by atoms with E-state index in [1.54, 1.807) is 7.11 Å². The summed E-state index contributed by atoms with van der Waals surface area (Å²) in [7, 11) is 1.62. The Balaban J connectivity index is 1.86. The second-order valence-corrected chi connectivity index (χ2v) is 6.16. The Hall–Kier alpha value is -1.82. The Kier molecular flexibility index (Phi) is 7.82. The molecule has 1 fully saturated rings. The van der Waals surface area contributed by atoms with Gasteiger partial charge in [0.15, 0.2) is 5.96 Å². The van der Waals surface area contributed by atoms with Crippen molar-refractivity contribution in [1.29, 1.82) is 0 Å². The van der Waals surface area contributed by atoms with E-state index in [0.717, 1.165) is 18.1 Å². The van der Waals surface area contributed by atoms with Gasteiger partial charge in [-0.3, -0.25) is 0 Å². The molecule has 0 radical (unpaired) electrons. The van der Waals surface area contributed by atoms with E-state index in [-0.39, 0.29) is 0 Å². The molecular formula is C18H31N5O. The number of pyridine rings is 1. The van der Waals surface area contributed by atoms with Crippen molar-refractivity contribution in [1.82, 2.24) is 20.5 Å². The highest BCUT2D eigenvalue weighted by atomic mass is 16.5. The fraction of sp³-hybridized carbons (Fsp3) is 0.667. The van der Waals surface area contributed by atoms with Crippen molar-refractivity contribution in [2.45, 2.75) is 45.7 Å². The molecule has 6 heteroatoms. The number of likely N-dealkylation sites (tertiary alicyclic amines) is 1. The highest BCUT2D eigenvalue weighted by Gasteiger charge is 2.19. The number of rotatable bonds is 7. The van der Waals surface area contributed by atoms with Gasteiger partial charge >= 0.3 is 0 Å². The molecule has 0 bridgehead atoms. The summed E-state index contributed by atoms with van der Waals surface area (Å²) in [5.41, 5.74) is 1.07. The summed E-state index contributed by atoms with van der Waals surface area (Å²) < 4.78 is 5.08. The molecule has 0 atom stereocenters. The molecule has 2 rings (SSSR count). The summed E-state index contributed by atoms with van der Waals surface area (Å²) in [6, 6.07) is 4.38. The quantitative estimate of drug-likeness (QED) is 0.590. The lowest BCUT2D eigenvalue weighted by Crippen LogP contribution is -2.48. The molecule has 1 aliphatic rings. The molecule has 1 aromatic rings. The highest BCUT2D eigenvalue weighted by molar-refractivity contribution is 5.80. The Labute approximate surface area is 145 Å². The summed E-state index contributed by atoms with van der Waals surface area (Å²) in [6.07, 6.45) is 5.40. The molecule has 24 heavy (non-hydrogen) atoms. The number of methoxy groups -OCH3 is 1. The largest absolute Gasteiger partial charge is 0.481 e. The molecule has 2 N–H and O–H groups in total. The van der Waals surface area contributed by atoms with E-state index in [0.29, 0.717) is 18.5 Å². The minimum Gasteiger partial charge on any atom is -0.481 e. The van der Waals surface area contributed by atoms with Gasteiger partial charge < -0.3 is 20.3 Å². The van der Waals surface area contributed by atoms with Gasteiger partial charge in [-0.2, -0.15) is 0 Å². The average molecular weight is 333 g/mol. The minimum atomic E-state index is 0.505. The second kappa shape index (κ2) is 10.1. The van der Waals surface area contributed by atoms with E-state index in [1.807, 2.05) is 18.3 Å². The Morgan fingerprint density at radius 3 is 2.71 bits per heavy atom. The van der Waals surface area contributed by atoms with E-state index in [2.05, 4.69) is 39.4 Å². The van der Waals surface area contributed by atoms with Crippen LogP contribution in [0.2, 0.25) is 0 Å². The first-order valence-electron chi connectivity index (χ1n) is 9.01. The van der Waals surface area contributed by atoms with Crippen molar-refractivity contribution >= 4 is 5.96 Å². The van der Waals surface area contributed by atoms with Gasteiger partial charge in [0.25, 0.3) is 0 Å². The average Bonchev–Trinajstić information content (AvgIpc) is 2.62. The second-order valence-electron chi connectivity index (χ2n) is 6.16. The molecule has 134 valence electrons. The molecule has 1 saturated heterocycles. The maximum Gasteiger partial charge on any atom is 0.212 e. The van der Waals surface area contributed by atoms with Crippen LogP contribution in [0.15, 0.2) is 23.3 Å². The van der Waals surface area contributed by atoms with Crippen LogP contribution in [-0.4, -0.2) is 55.2 Å². The molecule has 0 unspecified atom stereocenters. The number of aromatic nitrogens is 1. The molecule has 0 aliphatic carbocycles. The van der Waals surface area contributed by atoms with E-state index in [1.165, 1.54) is 38.9 Å². The van der Waals surface area contributed by atoms with Crippen molar-refractivity contribution in [3.05, 3.63) is 23.9 Å². The predicted molar refractivity (Wildman–Crippen MR) is 98.5 cm³/mol. The first kappa shape index (κ1) is 18.5. The van der Waals surface area contributed by atoms with Crippen LogP contribution in [0.4, 0.5) is 0 Å². The summed E-state index contributed by atoms with van der Waals surface area (Å²) in [6.45, 7) is 9.37. The van der Waals surface area contributed by atoms with Crippen LogP contribution in [-0.2, 0) is 6.54 Å². The zero-order chi connectivity index (χ0) is 17.2. The van der Waals surface area contributed by atoms with Crippen LogP contribution < -0.4 is 15.4 Å². The lowest BCUT2D eigenvalue weighted by atomic mass is 10.1. The number of ether oxygens (including phenoxy) is 1. The molecule has 0 aromatic carbocycles. The van der Waals surface area contributed by atoms with Gasteiger partial charge in [0.05, 0.1) is 13.7 Å². The van der Waals surface area contributed by atoms with E-state index in [4.69, 9.17) is 4.74 Å². The highest BCUT2D eigenvalue weighted by Crippen LogP contribution is 2.11. The van der Waals surface area contributed by atoms with Crippen molar-refractivity contribution in [2.75, 3.05) is 33.3 Å². The number of hydrogen-bond donors (Lipinski definition) is 2. The Morgan fingerprint density at radius 2 is 2.12 bits per heavy atom. The van der Waals surface area contributed by atoms with Crippen molar-refractivity contribution in [3.8, 4) is 5.88 Å². The molecule has 0 amide bonds. The monoisotopic (exact) mass is 333 g/mol. The topological polar surface area (TPSA) is 61.8 Å². The van der Waals surface area contributed by atoms with Crippen LogP contribution in [0.3, 0.4) is 0 Å². The van der Waals surface area contributed by atoms with Crippen LogP contribution in [0.1, 0.15) is 38.7 Å². The smallest absolute Gasteiger partial charge is 0.212 e. The number of piperidine rings is 1. The third-order valence-electron chi connectivity index (χ3n) is 4.24. The lowest BCUT2D eigenvalue weighted by Gasteiger charge is -2.32. The zero-order valence-corrected chi connectivity index (χ0v) is 15.2. The minimum absolute atomic E-state index is 0.505. The number of hydrogen-bond acceptors (Lipinski definition) is 4. The van der Waals surface area contributed by atoms with Crippen LogP contribution in [0.5, 0.6) is 5.88 Å². The number of aliphatic imine (C=N–C) groups is 1. The summed E-state index contributed by atoms with van der Waals surface area (Å²) >= 11 is 0. The molecule has 1 aliphatic heterocycles. The summed E-state index contributed by atoms with van der Waals surface area (Å²) in [4.78, 5) is 11.5. The summed E-state index contributed by atoms with van der Waals surface area (Å²) in [5, 5.41) is 6.92. The maximum absolute atomic E-state index is 5.08. The zero-order valence-electron chi connectivity index (χ0n) is 15.2. The van der Waals surface area contributed by atoms with Crippen molar-refractivity contribution in [3.63, 3.8) is 0 Å². The fourth-order valence-corrected chi connectivity index (χ4v) is 2.93. The number of guanidine groups is 1.